The van der Waals surface area contributed by atoms with Crippen LogP contribution in [0.4, 0.5) is 8.78 Å². The van der Waals surface area contributed by atoms with Crippen LogP contribution in [0.3, 0.4) is 0 Å². The molecule has 0 aliphatic rings. The van der Waals surface area contributed by atoms with Gasteiger partial charge in [0.15, 0.2) is 17.2 Å². The third kappa shape index (κ3) is 1.63. The molecule has 2 heterocycles. The maximum atomic E-state index is 12.2. The smallest absolute Gasteiger partial charge is 0.354 e. The Kier molecular flexibility index (Phi) is 2.07. The van der Waals surface area contributed by atoms with E-state index in [1.165, 1.54) is 12.1 Å². The van der Waals surface area contributed by atoms with Gasteiger partial charge in [0.05, 0.1) is 5.52 Å². The minimum atomic E-state index is -2.73. The first-order valence-corrected chi connectivity index (χ1v) is 3.96. The first kappa shape index (κ1) is 9.50. The number of imidazole rings is 1. The molecule has 2 aromatic heterocycles. The molecule has 2 aromatic rings. The zero-order valence-corrected chi connectivity index (χ0v) is 7.24. The minimum Gasteiger partial charge on any atom is -0.477 e. The summed E-state index contributed by atoms with van der Waals surface area (Å²) < 4.78 is 24.5. The lowest BCUT2D eigenvalue weighted by molar-refractivity contribution is 0.0691. The van der Waals surface area contributed by atoms with Crippen molar-refractivity contribution in [3.63, 3.8) is 0 Å². The maximum absolute atomic E-state index is 12.2. The molecule has 2 N–H and O–H groups in total. The van der Waals surface area contributed by atoms with Gasteiger partial charge in [0.25, 0.3) is 6.43 Å². The third-order valence-corrected chi connectivity index (χ3v) is 1.79. The number of hydrogen-bond acceptors (Lipinski definition) is 3. The molecule has 5 nitrogen and oxygen atoms in total. The predicted octanol–water partition coefficient (Wildman–Crippen LogP) is 1.59. The lowest BCUT2D eigenvalue weighted by atomic mass is 10.3. The summed E-state index contributed by atoms with van der Waals surface area (Å²) in [6.07, 6.45) is -2.73. The van der Waals surface area contributed by atoms with Crippen LogP contribution in [0, 0.1) is 0 Å². The highest BCUT2D eigenvalue weighted by atomic mass is 19.3. The van der Waals surface area contributed by atoms with Crippen molar-refractivity contribution in [2.75, 3.05) is 0 Å². The second-order valence-electron chi connectivity index (χ2n) is 2.80. The number of carbonyl (C=O) groups is 1. The second-order valence-corrected chi connectivity index (χ2v) is 2.80. The van der Waals surface area contributed by atoms with Gasteiger partial charge in [-0.25, -0.2) is 23.5 Å². The third-order valence-electron chi connectivity index (χ3n) is 1.79. The van der Waals surface area contributed by atoms with Gasteiger partial charge >= 0.3 is 5.97 Å². The average molecular weight is 213 g/mol. The number of aromatic carboxylic acids is 1. The van der Waals surface area contributed by atoms with Crippen LogP contribution in [0.5, 0.6) is 0 Å². The number of H-pyrrole nitrogens is 1. The number of carboxylic acid groups (broad SMARTS) is 1. The molecule has 15 heavy (non-hydrogen) atoms. The van der Waals surface area contributed by atoms with Gasteiger partial charge in [-0.3, -0.25) is 0 Å². The number of nitrogens with zero attached hydrogens (tertiary/aromatic N) is 2. The van der Waals surface area contributed by atoms with Gasteiger partial charge in [-0.2, -0.15) is 0 Å². The SMILES string of the molecule is O=C(O)c1ccc2[nH]c(C(F)F)nc2n1. The van der Waals surface area contributed by atoms with Crippen LogP contribution in [0.2, 0.25) is 0 Å². The summed E-state index contributed by atoms with van der Waals surface area (Å²) in [5, 5.41) is 8.61. The van der Waals surface area contributed by atoms with E-state index in [9.17, 15) is 13.6 Å². The van der Waals surface area contributed by atoms with Gasteiger partial charge in [0, 0.05) is 0 Å². The van der Waals surface area contributed by atoms with Crippen molar-refractivity contribution in [3.05, 3.63) is 23.7 Å². The number of fused-ring (bicyclic) bond motifs is 1. The van der Waals surface area contributed by atoms with Crippen LogP contribution < -0.4 is 0 Å². The Morgan fingerprint density at radius 3 is 2.73 bits per heavy atom. The van der Waals surface area contributed by atoms with E-state index in [4.69, 9.17) is 5.11 Å². The number of alkyl halides is 2. The number of halogens is 2. The molecule has 0 atom stereocenters. The molecule has 0 aromatic carbocycles. The first-order valence-electron chi connectivity index (χ1n) is 3.96. The number of rotatable bonds is 2. The van der Waals surface area contributed by atoms with Crippen molar-refractivity contribution in [2.24, 2.45) is 0 Å². The fourth-order valence-electron chi connectivity index (χ4n) is 1.13. The van der Waals surface area contributed by atoms with Crippen molar-refractivity contribution in [1.29, 1.82) is 0 Å². The summed E-state index contributed by atoms with van der Waals surface area (Å²) in [6.45, 7) is 0. The number of carboxylic acids is 1. The molecule has 0 amide bonds. The van der Waals surface area contributed by atoms with E-state index < -0.39 is 18.2 Å². The summed E-state index contributed by atoms with van der Waals surface area (Å²) in [6, 6.07) is 2.57. The van der Waals surface area contributed by atoms with Crippen molar-refractivity contribution in [3.8, 4) is 0 Å². The fraction of sp³-hybridized carbons (Fsp3) is 0.125. The Morgan fingerprint density at radius 1 is 1.40 bits per heavy atom. The molecule has 0 aliphatic heterocycles. The lowest BCUT2D eigenvalue weighted by Gasteiger charge is -1.91. The molecule has 0 radical (unpaired) electrons. The van der Waals surface area contributed by atoms with E-state index in [1.54, 1.807) is 0 Å². The van der Waals surface area contributed by atoms with Crippen molar-refractivity contribution >= 4 is 17.1 Å². The van der Waals surface area contributed by atoms with Crippen LogP contribution in [0.25, 0.3) is 11.2 Å². The van der Waals surface area contributed by atoms with Crippen LogP contribution in [-0.4, -0.2) is 26.0 Å². The largest absolute Gasteiger partial charge is 0.477 e. The van der Waals surface area contributed by atoms with E-state index >= 15 is 0 Å². The molecular weight excluding hydrogens is 208 g/mol. The van der Waals surface area contributed by atoms with Crippen molar-refractivity contribution < 1.29 is 18.7 Å². The summed E-state index contributed by atoms with van der Waals surface area (Å²) in [4.78, 5) is 20.0. The van der Waals surface area contributed by atoms with Gasteiger partial charge in [-0.05, 0) is 12.1 Å². The zero-order valence-electron chi connectivity index (χ0n) is 7.24. The molecule has 2 rings (SSSR count). The minimum absolute atomic E-state index is 0.0230. The molecular formula is C8H5F2N3O2. The van der Waals surface area contributed by atoms with Crippen LogP contribution >= 0.6 is 0 Å². The first-order chi connectivity index (χ1) is 7.08. The highest BCUT2D eigenvalue weighted by Crippen LogP contribution is 2.18. The van der Waals surface area contributed by atoms with Gasteiger partial charge in [0.2, 0.25) is 0 Å². The Hall–Kier alpha value is -2.05. The van der Waals surface area contributed by atoms with Crippen molar-refractivity contribution in [2.45, 2.75) is 6.43 Å². The highest BCUT2D eigenvalue weighted by molar-refractivity contribution is 5.88. The van der Waals surface area contributed by atoms with Crippen molar-refractivity contribution in [1.82, 2.24) is 15.0 Å². The number of nitrogens with one attached hydrogen (secondary N) is 1. The van der Waals surface area contributed by atoms with Gasteiger partial charge < -0.3 is 10.1 Å². The number of aromatic nitrogens is 3. The topological polar surface area (TPSA) is 78.9 Å². The fourth-order valence-corrected chi connectivity index (χ4v) is 1.13. The standard InChI is InChI=1S/C8H5F2N3O2/c9-5(10)7-11-3-1-2-4(8(14)15)12-6(3)13-7/h1-2,5H,(H,14,15)(H,11,12,13). The van der Waals surface area contributed by atoms with Crippen LogP contribution in [0.15, 0.2) is 12.1 Å². The Balaban J connectivity index is 2.57. The summed E-state index contributed by atoms with van der Waals surface area (Å²) in [7, 11) is 0. The Bertz CT molecular complexity index is 524. The normalized spacial score (nSPS) is 11.1. The number of hydrogen-bond donors (Lipinski definition) is 2. The van der Waals surface area contributed by atoms with Crippen LogP contribution in [0.1, 0.15) is 22.7 Å². The molecule has 0 fully saturated rings. The van der Waals surface area contributed by atoms with Gasteiger partial charge in [-0.1, -0.05) is 0 Å². The molecule has 0 spiro atoms. The quantitative estimate of drug-likeness (QED) is 0.793. The predicted molar refractivity (Wildman–Crippen MR) is 45.8 cm³/mol. The van der Waals surface area contributed by atoms with E-state index in [-0.39, 0.29) is 16.9 Å². The summed E-state index contributed by atoms with van der Waals surface area (Å²) in [5.41, 5.74) is 0.0373. The molecule has 0 unspecified atom stereocenters. The maximum Gasteiger partial charge on any atom is 0.354 e. The highest BCUT2D eigenvalue weighted by Gasteiger charge is 2.14. The summed E-state index contributed by atoms with van der Waals surface area (Å²) in [5.74, 6) is -1.74. The van der Waals surface area contributed by atoms with E-state index in [1.807, 2.05) is 0 Å². The molecule has 0 aliphatic carbocycles. The monoisotopic (exact) mass is 213 g/mol. The lowest BCUT2D eigenvalue weighted by Crippen LogP contribution is -1.99. The Morgan fingerprint density at radius 2 is 2.13 bits per heavy atom. The Labute approximate surface area is 81.8 Å². The molecule has 0 saturated carbocycles. The zero-order chi connectivity index (χ0) is 11.0. The average Bonchev–Trinajstić information content (AvgIpc) is 2.59. The molecule has 0 bridgehead atoms. The van der Waals surface area contributed by atoms with E-state index in [0.29, 0.717) is 0 Å². The van der Waals surface area contributed by atoms with Gasteiger partial charge in [-0.15, -0.1) is 0 Å². The second kappa shape index (κ2) is 3.26. The molecule has 7 heteroatoms. The van der Waals surface area contributed by atoms with Gasteiger partial charge in [0.1, 0.15) is 0 Å². The van der Waals surface area contributed by atoms with E-state index in [2.05, 4.69) is 15.0 Å². The number of aromatic amines is 1. The van der Waals surface area contributed by atoms with E-state index in [0.717, 1.165) is 0 Å². The van der Waals surface area contributed by atoms with Crippen LogP contribution in [-0.2, 0) is 0 Å². The number of pyridine rings is 1. The molecule has 78 valence electrons. The summed E-state index contributed by atoms with van der Waals surface area (Å²) >= 11 is 0. The molecule has 0 saturated heterocycles.